The molecule has 0 atom stereocenters. The highest BCUT2D eigenvalue weighted by Gasteiger charge is 2.26. The number of H-pyrrole nitrogens is 1. The number of carboxylic acid groups (broad SMARTS) is 1. The quantitative estimate of drug-likeness (QED) is 0.565. The van der Waals surface area contributed by atoms with Crippen LogP contribution in [-0.2, 0) is 4.74 Å². The Morgan fingerprint density at radius 2 is 1.70 bits per heavy atom. The van der Waals surface area contributed by atoms with Crippen LogP contribution < -0.4 is 5.73 Å². The molecule has 2 aliphatic rings. The lowest BCUT2D eigenvalue weighted by Gasteiger charge is -2.30. The van der Waals surface area contributed by atoms with E-state index in [2.05, 4.69) is 11.1 Å². The minimum Gasteiger partial charge on any atom is -0.465 e. The molecule has 2 aliphatic heterocycles. The molecular weight excluding hydrogens is 424 g/mol. The van der Waals surface area contributed by atoms with Crippen molar-refractivity contribution in [3.05, 3.63) is 47.0 Å². The SMILES string of the molecule is NC(=O)c1cc(C2CCN(C(=O)O)CC2)cc2c1[nH]c1cc(C(=O)N3CCOCC3)ccc12. The molecule has 2 saturated heterocycles. The van der Waals surface area contributed by atoms with E-state index in [1.165, 1.54) is 4.90 Å². The van der Waals surface area contributed by atoms with E-state index < -0.39 is 12.0 Å². The van der Waals surface area contributed by atoms with Gasteiger partial charge in [0.15, 0.2) is 0 Å². The second-order valence-corrected chi connectivity index (χ2v) is 8.69. The Labute approximate surface area is 190 Å². The summed E-state index contributed by atoms with van der Waals surface area (Å²) in [6.07, 6.45) is 0.480. The highest BCUT2D eigenvalue weighted by atomic mass is 16.5. The predicted molar refractivity (Wildman–Crippen MR) is 123 cm³/mol. The molecule has 3 heterocycles. The van der Waals surface area contributed by atoms with E-state index in [-0.39, 0.29) is 11.8 Å². The fraction of sp³-hybridized carbons (Fsp3) is 0.375. The van der Waals surface area contributed by atoms with E-state index in [0.29, 0.717) is 68.9 Å². The highest BCUT2D eigenvalue weighted by Crippen LogP contribution is 2.35. The zero-order valence-electron chi connectivity index (χ0n) is 18.2. The first-order chi connectivity index (χ1) is 15.9. The lowest BCUT2D eigenvalue weighted by Crippen LogP contribution is -2.40. The van der Waals surface area contributed by atoms with E-state index in [9.17, 15) is 19.5 Å². The summed E-state index contributed by atoms with van der Waals surface area (Å²) in [6, 6.07) is 9.42. The first-order valence-electron chi connectivity index (χ1n) is 11.2. The first-order valence-corrected chi connectivity index (χ1v) is 11.2. The molecule has 5 rings (SSSR count). The Morgan fingerprint density at radius 1 is 0.970 bits per heavy atom. The molecule has 0 aliphatic carbocycles. The monoisotopic (exact) mass is 450 g/mol. The number of amides is 3. The molecule has 2 fully saturated rings. The summed E-state index contributed by atoms with van der Waals surface area (Å²) in [6.45, 7) is 3.14. The Hall–Kier alpha value is -3.59. The van der Waals surface area contributed by atoms with Crippen LogP contribution in [0.3, 0.4) is 0 Å². The van der Waals surface area contributed by atoms with Crippen molar-refractivity contribution in [1.29, 1.82) is 0 Å². The van der Waals surface area contributed by atoms with Crippen LogP contribution in [0.25, 0.3) is 21.8 Å². The molecule has 3 amide bonds. The van der Waals surface area contributed by atoms with Gasteiger partial charge in [0.1, 0.15) is 0 Å². The van der Waals surface area contributed by atoms with Crippen LogP contribution >= 0.6 is 0 Å². The van der Waals surface area contributed by atoms with Gasteiger partial charge in [0.05, 0.1) is 24.3 Å². The number of aromatic amines is 1. The van der Waals surface area contributed by atoms with Gasteiger partial charge in [-0.15, -0.1) is 0 Å². The van der Waals surface area contributed by atoms with Gasteiger partial charge < -0.3 is 30.4 Å². The number of fused-ring (bicyclic) bond motifs is 3. The average Bonchev–Trinajstić information content (AvgIpc) is 3.21. The molecule has 0 saturated carbocycles. The summed E-state index contributed by atoms with van der Waals surface area (Å²) >= 11 is 0. The normalized spacial score (nSPS) is 17.6. The van der Waals surface area contributed by atoms with E-state index in [4.69, 9.17) is 10.5 Å². The lowest BCUT2D eigenvalue weighted by molar-refractivity contribution is 0.0303. The Kier molecular flexibility index (Phi) is 5.41. The molecule has 0 spiro atoms. The van der Waals surface area contributed by atoms with Crippen molar-refractivity contribution in [2.75, 3.05) is 39.4 Å². The van der Waals surface area contributed by atoms with E-state index >= 15 is 0 Å². The van der Waals surface area contributed by atoms with Crippen LogP contribution in [0.1, 0.15) is 45.0 Å². The van der Waals surface area contributed by atoms with Gasteiger partial charge in [-0.3, -0.25) is 9.59 Å². The zero-order valence-corrected chi connectivity index (χ0v) is 18.2. The van der Waals surface area contributed by atoms with Crippen LogP contribution in [0.5, 0.6) is 0 Å². The topological polar surface area (TPSA) is 129 Å². The summed E-state index contributed by atoms with van der Waals surface area (Å²) in [4.78, 5) is 42.9. The van der Waals surface area contributed by atoms with Crippen molar-refractivity contribution in [2.24, 2.45) is 5.73 Å². The maximum Gasteiger partial charge on any atom is 0.407 e. The average molecular weight is 450 g/mol. The van der Waals surface area contributed by atoms with Gasteiger partial charge in [-0.1, -0.05) is 6.07 Å². The molecule has 3 aromatic rings. The molecule has 0 unspecified atom stereocenters. The highest BCUT2D eigenvalue weighted by molar-refractivity contribution is 6.16. The fourth-order valence-electron chi connectivity index (χ4n) is 4.94. The number of likely N-dealkylation sites (tertiary alicyclic amines) is 1. The Balaban J connectivity index is 1.53. The first kappa shape index (κ1) is 21.3. The summed E-state index contributed by atoms with van der Waals surface area (Å²) in [7, 11) is 0. The van der Waals surface area contributed by atoms with Gasteiger partial charge in [-0.05, 0) is 48.6 Å². The molecule has 0 radical (unpaired) electrons. The van der Waals surface area contributed by atoms with Crippen LogP contribution in [0.2, 0.25) is 0 Å². The van der Waals surface area contributed by atoms with Gasteiger partial charge in [0.25, 0.3) is 11.8 Å². The molecule has 33 heavy (non-hydrogen) atoms. The third-order valence-corrected chi connectivity index (χ3v) is 6.78. The Morgan fingerprint density at radius 3 is 2.36 bits per heavy atom. The number of benzene rings is 2. The molecule has 1 aromatic heterocycles. The molecule has 4 N–H and O–H groups in total. The van der Waals surface area contributed by atoms with Crippen molar-refractivity contribution < 1.29 is 24.2 Å². The number of rotatable bonds is 3. The number of piperidine rings is 1. The van der Waals surface area contributed by atoms with Crippen LogP contribution in [0.15, 0.2) is 30.3 Å². The number of nitrogens with zero attached hydrogens (tertiary/aromatic N) is 2. The summed E-state index contributed by atoms with van der Waals surface area (Å²) in [5.41, 5.74) is 9.11. The second kappa shape index (κ2) is 8.40. The van der Waals surface area contributed by atoms with Crippen molar-refractivity contribution in [3.8, 4) is 0 Å². The minimum atomic E-state index is -0.902. The third kappa shape index (κ3) is 3.89. The number of hydrogen-bond acceptors (Lipinski definition) is 4. The predicted octanol–water partition coefficient (Wildman–Crippen LogP) is 2.75. The van der Waals surface area contributed by atoms with Crippen molar-refractivity contribution in [1.82, 2.24) is 14.8 Å². The second-order valence-electron chi connectivity index (χ2n) is 8.69. The van der Waals surface area contributed by atoms with Crippen LogP contribution in [0, 0.1) is 0 Å². The third-order valence-electron chi connectivity index (χ3n) is 6.78. The largest absolute Gasteiger partial charge is 0.465 e. The Bertz CT molecular complexity index is 1250. The van der Waals surface area contributed by atoms with Crippen molar-refractivity contribution in [2.45, 2.75) is 18.8 Å². The smallest absolute Gasteiger partial charge is 0.407 e. The number of ether oxygens (including phenoxy) is 1. The van der Waals surface area contributed by atoms with Crippen LogP contribution in [0.4, 0.5) is 4.79 Å². The molecule has 172 valence electrons. The number of hydrogen-bond donors (Lipinski definition) is 3. The summed E-state index contributed by atoms with van der Waals surface area (Å²) in [5.74, 6) is -0.420. The number of carbonyl (C=O) groups is 3. The maximum atomic E-state index is 12.9. The summed E-state index contributed by atoms with van der Waals surface area (Å²) < 4.78 is 5.33. The van der Waals surface area contributed by atoms with Gasteiger partial charge in [0, 0.05) is 48.0 Å². The maximum absolute atomic E-state index is 12.9. The van der Waals surface area contributed by atoms with Crippen molar-refractivity contribution >= 4 is 39.7 Å². The van der Waals surface area contributed by atoms with Gasteiger partial charge >= 0.3 is 6.09 Å². The molecule has 2 aromatic carbocycles. The molecular formula is C24H26N4O5. The molecule has 9 heteroatoms. The van der Waals surface area contributed by atoms with Gasteiger partial charge in [-0.2, -0.15) is 0 Å². The fourth-order valence-corrected chi connectivity index (χ4v) is 4.94. The number of aromatic nitrogens is 1. The van der Waals surface area contributed by atoms with E-state index in [0.717, 1.165) is 21.9 Å². The standard InChI is InChI=1S/C24H26N4O5/c25-22(29)19-12-16(14-3-5-28(6-4-14)24(31)32)11-18-17-2-1-15(13-20(17)26-21(18)19)23(30)27-7-9-33-10-8-27/h1-2,11-14,26H,3-10H2,(H2,25,29)(H,31,32). The number of nitrogens with one attached hydrogen (secondary N) is 1. The van der Waals surface area contributed by atoms with E-state index in [1.54, 1.807) is 4.90 Å². The zero-order chi connectivity index (χ0) is 23.1. The lowest BCUT2D eigenvalue weighted by atomic mass is 9.87. The van der Waals surface area contributed by atoms with Gasteiger partial charge in [0.2, 0.25) is 0 Å². The molecule has 9 nitrogen and oxygen atoms in total. The number of nitrogens with two attached hydrogens (primary N) is 1. The number of primary amides is 1. The molecule has 0 bridgehead atoms. The summed E-state index contributed by atoms with van der Waals surface area (Å²) in [5, 5.41) is 11.0. The minimum absolute atomic E-state index is 0.0418. The number of morpholine rings is 1. The number of carbonyl (C=O) groups excluding carboxylic acids is 2. The van der Waals surface area contributed by atoms with E-state index in [1.807, 2.05) is 24.3 Å². The van der Waals surface area contributed by atoms with Gasteiger partial charge in [-0.25, -0.2) is 4.79 Å². The van der Waals surface area contributed by atoms with Crippen molar-refractivity contribution in [3.63, 3.8) is 0 Å². The van der Waals surface area contributed by atoms with Crippen LogP contribution in [-0.4, -0.2) is 77.2 Å².